The van der Waals surface area contributed by atoms with E-state index in [1.54, 1.807) is 18.5 Å². The Labute approximate surface area is 307 Å². The van der Waals surface area contributed by atoms with E-state index in [-0.39, 0.29) is 11.8 Å². The zero-order valence-corrected chi connectivity index (χ0v) is 31.4. The molecule has 0 spiro atoms. The normalized spacial score (nSPS) is 19.7. The van der Waals surface area contributed by atoms with Crippen LogP contribution < -0.4 is 20.9 Å². The van der Waals surface area contributed by atoms with Crippen molar-refractivity contribution in [2.24, 2.45) is 5.73 Å². The molecule has 4 aromatic rings. The minimum atomic E-state index is -0.333. The maximum absolute atomic E-state index is 11.2. The molecule has 4 aromatic heterocycles. The van der Waals surface area contributed by atoms with Crippen molar-refractivity contribution in [3.8, 4) is 0 Å². The summed E-state index contributed by atoms with van der Waals surface area (Å²) >= 11 is 3.42. The van der Waals surface area contributed by atoms with Crippen molar-refractivity contribution in [3.05, 3.63) is 29.0 Å². The number of pyridine rings is 2. The van der Waals surface area contributed by atoms with Crippen LogP contribution >= 0.6 is 15.9 Å². The van der Waals surface area contributed by atoms with Crippen LogP contribution in [0.5, 0.6) is 0 Å². The van der Waals surface area contributed by atoms with Crippen LogP contribution in [0.4, 0.5) is 17.7 Å². The zero-order chi connectivity index (χ0) is 35.7. The molecule has 14 nitrogen and oxygen atoms in total. The first kappa shape index (κ1) is 37.0. The molecule has 51 heavy (non-hydrogen) atoms. The topological polar surface area (TPSA) is 163 Å². The van der Waals surface area contributed by atoms with Crippen LogP contribution in [0.2, 0.25) is 0 Å². The Bertz CT molecular complexity index is 1730. The number of rotatable bonds is 5. The average molecular weight is 768 g/mol. The highest BCUT2D eigenvalue weighted by atomic mass is 79.9. The molecule has 8 rings (SSSR count). The van der Waals surface area contributed by atoms with Gasteiger partial charge in [0.05, 0.1) is 11.9 Å². The molecular formula is C36H51BrN10O4. The average Bonchev–Trinajstić information content (AvgIpc) is 3.76. The minimum Gasteiger partial charge on any atom is -0.422 e. The van der Waals surface area contributed by atoms with Crippen molar-refractivity contribution in [1.82, 2.24) is 29.7 Å². The van der Waals surface area contributed by atoms with E-state index in [9.17, 15) is 9.59 Å². The maximum atomic E-state index is 11.2. The van der Waals surface area contributed by atoms with Crippen molar-refractivity contribution in [1.29, 1.82) is 0 Å². The Hall–Kier alpha value is -3.82. The van der Waals surface area contributed by atoms with Gasteiger partial charge in [-0.1, -0.05) is 12.8 Å². The highest BCUT2D eigenvalue weighted by Gasteiger charge is 2.29. The number of nitrogens with one attached hydrogen (secondary N) is 1. The Balaban J connectivity index is 0.000000160. The standard InChI is InChI=1S/C18H25N5O2.C16H21BrN4O.C2H5NO/c1-13(24)20-14-11-16-17(19-12-14)21-18(25-16)23-9-5-15(6-10-23)22-7-3-2-4-8-22;17-12-10-14-15(18-11-12)19-16(22-14)21-8-4-13(5-9-21)20-6-2-1-3-7-20;1-2(3)4/h11-12,15H,2-10H2,1H3,(H,20,24);10-11,13H,1-9H2;1H3,(H2,3,4). The minimum absolute atomic E-state index is 0.124. The summed E-state index contributed by atoms with van der Waals surface area (Å²) in [4.78, 5) is 47.8. The van der Waals surface area contributed by atoms with Crippen LogP contribution in [0.1, 0.15) is 78.1 Å². The molecule has 4 aliphatic heterocycles. The van der Waals surface area contributed by atoms with E-state index in [1.165, 1.54) is 91.4 Å². The third kappa shape index (κ3) is 10.2. The quantitative estimate of drug-likeness (QED) is 0.260. The molecular weight excluding hydrogens is 716 g/mol. The molecule has 0 unspecified atom stereocenters. The molecule has 4 saturated heterocycles. The Morgan fingerprint density at radius 1 is 0.706 bits per heavy atom. The van der Waals surface area contributed by atoms with Crippen LogP contribution in [-0.2, 0) is 9.59 Å². The number of fused-ring (bicyclic) bond motifs is 2. The number of carbonyl (C=O) groups excluding carboxylic acids is 2. The van der Waals surface area contributed by atoms with Crippen LogP contribution in [0.15, 0.2) is 37.8 Å². The molecule has 0 radical (unpaired) electrons. The van der Waals surface area contributed by atoms with Crippen LogP contribution in [0.3, 0.4) is 0 Å². The largest absolute Gasteiger partial charge is 0.422 e. The van der Waals surface area contributed by atoms with Crippen LogP contribution in [0.25, 0.3) is 22.5 Å². The van der Waals surface area contributed by atoms with Gasteiger partial charge in [-0.05, 0) is 93.5 Å². The lowest BCUT2D eigenvalue weighted by atomic mass is 10.0. The zero-order valence-electron chi connectivity index (χ0n) is 29.9. The molecule has 276 valence electrons. The van der Waals surface area contributed by atoms with E-state index in [4.69, 9.17) is 8.83 Å². The lowest BCUT2D eigenvalue weighted by Crippen LogP contribution is -2.46. The lowest BCUT2D eigenvalue weighted by Gasteiger charge is -2.39. The smallest absolute Gasteiger partial charge is 0.299 e. The number of hydrogen-bond acceptors (Lipinski definition) is 12. The summed E-state index contributed by atoms with van der Waals surface area (Å²) in [5.41, 5.74) is 7.74. The van der Waals surface area contributed by atoms with Crippen molar-refractivity contribution in [2.75, 3.05) is 67.5 Å². The number of carbonyl (C=O) groups is 2. The van der Waals surface area contributed by atoms with Gasteiger partial charge in [-0.15, -0.1) is 0 Å². The second kappa shape index (κ2) is 17.6. The number of hydrogen-bond donors (Lipinski definition) is 2. The highest BCUT2D eigenvalue weighted by Crippen LogP contribution is 2.29. The molecule has 3 N–H and O–H groups in total. The highest BCUT2D eigenvalue weighted by molar-refractivity contribution is 9.10. The van der Waals surface area contributed by atoms with Crippen molar-refractivity contribution >= 4 is 67.9 Å². The Kier molecular flexibility index (Phi) is 12.8. The molecule has 0 atom stereocenters. The Morgan fingerprint density at radius 2 is 1.14 bits per heavy atom. The molecule has 8 heterocycles. The van der Waals surface area contributed by atoms with Crippen LogP contribution in [0, 0.1) is 0 Å². The van der Waals surface area contributed by atoms with Crippen LogP contribution in [-0.4, -0.2) is 106 Å². The van der Waals surface area contributed by atoms with Gasteiger partial charge in [0, 0.05) is 74.9 Å². The number of anilines is 3. The van der Waals surface area contributed by atoms with Gasteiger partial charge in [0.2, 0.25) is 23.1 Å². The van der Waals surface area contributed by atoms with Gasteiger partial charge < -0.3 is 39.5 Å². The van der Waals surface area contributed by atoms with Crippen molar-refractivity contribution < 1.29 is 18.4 Å². The monoisotopic (exact) mass is 766 g/mol. The van der Waals surface area contributed by atoms with Gasteiger partial charge in [0.15, 0.2) is 11.2 Å². The fourth-order valence-electron chi connectivity index (χ4n) is 7.55. The first-order chi connectivity index (χ1) is 24.7. The molecule has 15 heteroatoms. The predicted octanol–water partition coefficient (Wildman–Crippen LogP) is 5.57. The third-order valence-corrected chi connectivity index (χ3v) is 10.5. The molecule has 4 fully saturated rings. The number of aromatic nitrogens is 4. The van der Waals surface area contributed by atoms with Gasteiger partial charge in [0.1, 0.15) is 0 Å². The predicted molar refractivity (Wildman–Crippen MR) is 202 cm³/mol. The molecule has 0 aromatic carbocycles. The number of amides is 2. The summed E-state index contributed by atoms with van der Waals surface area (Å²) in [6, 6.07) is 6.51. The molecule has 0 saturated carbocycles. The summed E-state index contributed by atoms with van der Waals surface area (Å²) in [5.74, 6) is -0.458. The fraction of sp³-hybridized carbons (Fsp3) is 0.611. The van der Waals surface area contributed by atoms with E-state index >= 15 is 0 Å². The number of likely N-dealkylation sites (tertiary alicyclic amines) is 2. The SMILES string of the molecule is Brc1cnc2nc(N3CCC(N4CCCCC4)CC3)oc2c1.CC(=O)Nc1cnc2nc(N3CCC(N4CCCCC4)CC3)oc2c1.CC(N)=O. The van der Waals surface area contributed by atoms with E-state index in [0.717, 1.165) is 61.1 Å². The first-order valence-electron chi connectivity index (χ1n) is 18.4. The number of nitrogens with zero attached hydrogens (tertiary/aromatic N) is 8. The van der Waals surface area contributed by atoms with E-state index in [0.29, 0.717) is 34.6 Å². The molecule has 2 amide bonds. The second-order valence-electron chi connectivity index (χ2n) is 13.9. The second-order valence-corrected chi connectivity index (χ2v) is 14.9. The summed E-state index contributed by atoms with van der Waals surface area (Å²) in [7, 11) is 0. The third-order valence-electron chi connectivity index (χ3n) is 10.0. The lowest BCUT2D eigenvalue weighted by molar-refractivity contribution is -0.116. The summed E-state index contributed by atoms with van der Waals surface area (Å²) < 4.78 is 12.7. The van der Waals surface area contributed by atoms with E-state index in [2.05, 4.69) is 66.5 Å². The number of piperidine rings is 4. The number of oxazole rings is 2. The number of nitrogens with two attached hydrogens (primary N) is 1. The van der Waals surface area contributed by atoms with Crippen molar-refractivity contribution in [3.63, 3.8) is 0 Å². The summed E-state index contributed by atoms with van der Waals surface area (Å²) in [5, 5.41) is 2.72. The molecule has 0 aliphatic carbocycles. The fourth-order valence-corrected chi connectivity index (χ4v) is 7.86. The Morgan fingerprint density at radius 3 is 1.59 bits per heavy atom. The number of halogens is 1. The van der Waals surface area contributed by atoms with E-state index in [1.807, 2.05) is 6.07 Å². The molecule has 0 bridgehead atoms. The van der Waals surface area contributed by atoms with Gasteiger partial charge in [-0.3, -0.25) is 9.59 Å². The molecule has 4 aliphatic rings. The van der Waals surface area contributed by atoms with Crippen molar-refractivity contribution in [2.45, 2.75) is 90.1 Å². The van der Waals surface area contributed by atoms with E-state index < -0.39 is 0 Å². The van der Waals surface area contributed by atoms with Gasteiger partial charge in [0.25, 0.3) is 12.0 Å². The van der Waals surface area contributed by atoms with Gasteiger partial charge >= 0.3 is 0 Å². The van der Waals surface area contributed by atoms with Gasteiger partial charge in [-0.25, -0.2) is 9.97 Å². The summed E-state index contributed by atoms with van der Waals surface area (Å²) in [6.45, 7) is 11.8. The van der Waals surface area contributed by atoms with Gasteiger partial charge in [-0.2, -0.15) is 9.97 Å². The maximum Gasteiger partial charge on any atom is 0.299 e. The number of primary amides is 1. The first-order valence-corrected chi connectivity index (χ1v) is 19.2. The summed E-state index contributed by atoms with van der Waals surface area (Å²) in [6.07, 6.45) is 16.3.